The van der Waals surface area contributed by atoms with Crippen LogP contribution < -0.4 is 14.2 Å². The third-order valence-corrected chi connectivity index (χ3v) is 5.79. The lowest BCUT2D eigenvalue weighted by Gasteiger charge is -2.34. The van der Waals surface area contributed by atoms with Crippen molar-refractivity contribution in [2.24, 2.45) is 0 Å². The minimum atomic E-state index is -0.784. The topological polar surface area (TPSA) is 83.5 Å². The lowest BCUT2D eigenvalue weighted by atomic mass is 9.82. The number of hydrogen-bond donors (Lipinski definition) is 0. The molecular weight excluding hydrogens is 438 g/mol. The van der Waals surface area contributed by atoms with Gasteiger partial charge < -0.3 is 28.6 Å². The summed E-state index contributed by atoms with van der Waals surface area (Å²) in [6.45, 7) is 1.98. The highest BCUT2D eigenvalue weighted by molar-refractivity contribution is 5.98. The highest BCUT2D eigenvalue weighted by atomic mass is 16.5. The molecule has 34 heavy (non-hydrogen) atoms. The molecule has 0 aromatic heterocycles. The molecule has 180 valence electrons. The van der Waals surface area contributed by atoms with Crippen LogP contribution in [0.1, 0.15) is 30.0 Å². The lowest BCUT2D eigenvalue weighted by molar-refractivity contribution is -0.137. The van der Waals surface area contributed by atoms with Crippen molar-refractivity contribution in [2.45, 2.75) is 18.9 Å². The Kier molecular flexibility index (Phi) is 7.83. The Morgan fingerprint density at radius 1 is 0.794 bits per heavy atom. The molecule has 0 radical (unpaired) electrons. The maximum Gasteiger partial charge on any atom is 0.336 e. The second-order valence-electron chi connectivity index (χ2n) is 7.58. The van der Waals surface area contributed by atoms with Crippen LogP contribution in [-0.4, -0.2) is 52.4 Å². The maximum absolute atomic E-state index is 13.0. The zero-order valence-corrected chi connectivity index (χ0v) is 20.2. The van der Waals surface area contributed by atoms with Crippen LogP contribution in [0.25, 0.3) is 0 Å². The molecule has 0 aliphatic carbocycles. The zero-order chi connectivity index (χ0) is 24.8. The van der Waals surface area contributed by atoms with Crippen molar-refractivity contribution in [1.82, 2.24) is 4.90 Å². The molecule has 0 N–H and O–H groups in total. The molecular formula is C26H29NO7. The summed E-state index contributed by atoms with van der Waals surface area (Å²) < 4.78 is 26.6. The van der Waals surface area contributed by atoms with Crippen LogP contribution >= 0.6 is 0 Å². The number of carbonyl (C=O) groups is 2. The van der Waals surface area contributed by atoms with Crippen molar-refractivity contribution in [3.63, 3.8) is 0 Å². The van der Waals surface area contributed by atoms with Crippen molar-refractivity contribution in [1.29, 1.82) is 0 Å². The van der Waals surface area contributed by atoms with Gasteiger partial charge in [-0.05, 0) is 30.2 Å². The first-order chi connectivity index (χ1) is 16.4. The SMILES string of the molecule is COC(=O)C1=CN([C@@H](C)c2ccccc2)C=C(C(=O)OC)C1c1cc(OC)c(OC)c(OC)c1. The van der Waals surface area contributed by atoms with Gasteiger partial charge in [-0.2, -0.15) is 0 Å². The van der Waals surface area contributed by atoms with Gasteiger partial charge in [0.1, 0.15) is 0 Å². The predicted octanol–water partition coefficient (Wildman–Crippen LogP) is 3.99. The standard InChI is InChI=1S/C26H29NO7/c1-16(17-10-8-7-9-11-17)27-14-19(25(28)33-5)23(20(15-27)26(29)34-6)18-12-21(30-2)24(32-4)22(13-18)31-3/h7-16,23H,1-6H3/t16-/m0/s1. The molecule has 0 amide bonds. The first-order valence-electron chi connectivity index (χ1n) is 10.6. The van der Waals surface area contributed by atoms with Gasteiger partial charge in [-0.1, -0.05) is 30.3 Å². The summed E-state index contributed by atoms with van der Waals surface area (Å²) in [5.41, 5.74) is 2.12. The Balaban J connectivity index is 2.22. The molecule has 1 aliphatic rings. The molecule has 0 saturated heterocycles. The van der Waals surface area contributed by atoms with Gasteiger partial charge in [0.2, 0.25) is 5.75 Å². The Labute approximate surface area is 199 Å². The molecule has 0 fully saturated rings. The van der Waals surface area contributed by atoms with Gasteiger partial charge in [0, 0.05) is 12.4 Å². The van der Waals surface area contributed by atoms with Crippen molar-refractivity contribution in [3.05, 3.63) is 77.1 Å². The molecule has 0 spiro atoms. The minimum absolute atomic E-state index is 0.165. The average Bonchev–Trinajstić information content (AvgIpc) is 2.90. The van der Waals surface area contributed by atoms with Gasteiger partial charge in [0.25, 0.3) is 0 Å². The van der Waals surface area contributed by atoms with E-state index in [-0.39, 0.29) is 17.2 Å². The number of benzene rings is 2. The van der Waals surface area contributed by atoms with Gasteiger partial charge in [-0.15, -0.1) is 0 Å². The van der Waals surface area contributed by atoms with E-state index in [1.165, 1.54) is 35.5 Å². The van der Waals surface area contributed by atoms with Crippen molar-refractivity contribution >= 4 is 11.9 Å². The quantitative estimate of drug-likeness (QED) is 0.539. The van der Waals surface area contributed by atoms with Gasteiger partial charge in [-0.3, -0.25) is 0 Å². The molecule has 0 saturated carbocycles. The summed E-state index contributed by atoms with van der Waals surface area (Å²) in [4.78, 5) is 27.7. The predicted molar refractivity (Wildman–Crippen MR) is 126 cm³/mol. The molecule has 0 bridgehead atoms. The number of methoxy groups -OCH3 is 5. The summed E-state index contributed by atoms with van der Waals surface area (Å²) in [5.74, 6) is -0.739. The van der Waals surface area contributed by atoms with E-state index in [2.05, 4.69) is 0 Å². The van der Waals surface area contributed by atoms with Crippen LogP contribution in [0.4, 0.5) is 0 Å². The van der Waals surface area contributed by atoms with Crippen molar-refractivity contribution in [2.75, 3.05) is 35.5 Å². The van der Waals surface area contributed by atoms with Crippen LogP contribution in [0, 0.1) is 0 Å². The fourth-order valence-electron chi connectivity index (χ4n) is 4.01. The molecule has 0 unspecified atom stereocenters. The van der Waals surface area contributed by atoms with Crippen LogP contribution in [0.15, 0.2) is 66.0 Å². The maximum atomic E-state index is 13.0. The van der Waals surface area contributed by atoms with E-state index in [9.17, 15) is 9.59 Å². The minimum Gasteiger partial charge on any atom is -0.493 e. The Hall–Kier alpha value is -3.94. The molecule has 3 rings (SSSR count). The fourth-order valence-corrected chi connectivity index (χ4v) is 4.01. The summed E-state index contributed by atoms with van der Waals surface area (Å²) >= 11 is 0. The number of carbonyl (C=O) groups excluding carboxylic acids is 2. The molecule has 8 heteroatoms. The summed E-state index contributed by atoms with van der Waals surface area (Å²) in [6, 6.07) is 13.0. The van der Waals surface area contributed by atoms with Gasteiger partial charge >= 0.3 is 11.9 Å². The zero-order valence-electron chi connectivity index (χ0n) is 20.2. The summed E-state index contributed by atoms with van der Waals surface area (Å²) in [5, 5.41) is 0. The monoisotopic (exact) mass is 467 g/mol. The Morgan fingerprint density at radius 3 is 1.71 bits per heavy atom. The molecule has 1 heterocycles. The Morgan fingerprint density at radius 2 is 1.29 bits per heavy atom. The molecule has 2 aromatic rings. The van der Waals surface area contributed by atoms with E-state index >= 15 is 0 Å². The molecule has 1 aliphatic heterocycles. The molecule has 8 nitrogen and oxygen atoms in total. The summed E-state index contributed by atoms with van der Waals surface area (Å²) in [7, 11) is 7.11. The highest BCUT2D eigenvalue weighted by Gasteiger charge is 2.37. The first kappa shape index (κ1) is 24.7. The third kappa shape index (κ3) is 4.71. The fraction of sp³-hybridized carbons (Fsp3) is 0.308. The van der Waals surface area contributed by atoms with Crippen molar-refractivity contribution in [3.8, 4) is 17.2 Å². The lowest BCUT2D eigenvalue weighted by Crippen LogP contribution is -2.30. The molecule has 2 aromatic carbocycles. The van der Waals surface area contributed by atoms with Gasteiger partial charge in [-0.25, -0.2) is 9.59 Å². The first-order valence-corrected chi connectivity index (χ1v) is 10.6. The van der Waals surface area contributed by atoms with E-state index in [4.69, 9.17) is 23.7 Å². The Bertz CT molecular complexity index is 1050. The second-order valence-corrected chi connectivity index (χ2v) is 7.58. The van der Waals surface area contributed by atoms with Crippen LogP contribution in [0.2, 0.25) is 0 Å². The van der Waals surface area contributed by atoms with Crippen LogP contribution in [-0.2, 0) is 19.1 Å². The highest BCUT2D eigenvalue weighted by Crippen LogP contribution is 2.45. The normalized spacial score (nSPS) is 14.5. The number of esters is 2. The molecule has 1 atom stereocenters. The summed E-state index contributed by atoms with van der Waals surface area (Å²) in [6.07, 6.45) is 3.40. The number of nitrogens with zero attached hydrogens (tertiary/aromatic N) is 1. The van der Waals surface area contributed by atoms with E-state index in [0.29, 0.717) is 22.8 Å². The van der Waals surface area contributed by atoms with Crippen LogP contribution in [0.3, 0.4) is 0 Å². The average molecular weight is 468 g/mol. The van der Waals surface area contributed by atoms with Gasteiger partial charge in [0.15, 0.2) is 11.5 Å². The number of ether oxygens (including phenoxy) is 5. The second kappa shape index (κ2) is 10.8. The van der Waals surface area contributed by atoms with E-state index < -0.39 is 17.9 Å². The van der Waals surface area contributed by atoms with Gasteiger partial charge in [0.05, 0.1) is 58.7 Å². The van der Waals surface area contributed by atoms with E-state index in [1.54, 1.807) is 24.5 Å². The largest absolute Gasteiger partial charge is 0.493 e. The van der Waals surface area contributed by atoms with Crippen molar-refractivity contribution < 1.29 is 33.3 Å². The number of rotatable bonds is 8. The van der Waals surface area contributed by atoms with E-state index in [1.807, 2.05) is 42.2 Å². The smallest absolute Gasteiger partial charge is 0.336 e. The van der Waals surface area contributed by atoms with E-state index in [0.717, 1.165) is 5.56 Å². The number of hydrogen-bond acceptors (Lipinski definition) is 8. The van der Waals surface area contributed by atoms with Crippen LogP contribution in [0.5, 0.6) is 17.2 Å². The third-order valence-electron chi connectivity index (χ3n) is 5.79.